The molecule has 0 unspecified atom stereocenters. The molecule has 0 spiro atoms. The second-order valence-electron chi connectivity index (χ2n) is 3.54. The number of aryl methyl sites for hydroxylation is 2. The van der Waals surface area contributed by atoms with E-state index in [1.165, 1.54) is 7.11 Å². The van der Waals surface area contributed by atoms with Crippen LogP contribution in [0.4, 0.5) is 0 Å². The van der Waals surface area contributed by atoms with E-state index in [2.05, 4.69) is 14.8 Å². The number of pyridine rings is 1. The monoisotopic (exact) mass is 219 g/mol. The van der Waals surface area contributed by atoms with Gasteiger partial charge < -0.3 is 4.74 Å². The van der Waals surface area contributed by atoms with Crippen LogP contribution in [0, 0.1) is 6.92 Å². The van der Waals surface area contributed by atoms with Gasteiger partial charge >= 0.3 is 5.97 Å². The number of rotatable bonds is 3. The number of carbonyl (C=O) groups is 1. The molecule has 0 fully saturated rings. The molecule has 0 aliphatic heterocycles. The van der Waals surface area contributed by atoms with Crippen molar-refractivity contribution >= 4 is 11.6 Å². The Labute approximate surface area is 93.1 Å². The molecule has 0 radical (unpaired) electrons. The lowest BCUT2D eigenvalue weighted by atomic mass is 10.3. The highest BCUT2D eigenvalue weighted by molar-refractivity contribution is 5.69. The molecule has 0 atom stereocenters. The molecule has 2 rings (SSSR count). The van der Waals surface area contributed by atoms with Crippen LogP contribution in [-0.2, 0) is 16.0 Å². The number of methoxy groups -OCH3 is 1. The summed E-state index contributed by atoms with van der Waals surface area (Å²) in [7, 11) is 1.38. The first-order valence-electron chi connectivity index (χ1n) is 5.09. The fraction of sp³-hybridized carbons (Fsp3) is 0.364. The first-order chi connectivity index (χ1) is 7.70. The average molecular weight is 219 g/mol. The summed E-state index contributed by atoms with van der Waals surface area (Å²) >= 11 is 0. The largest absolute Gasteiger partial charge is 0.469 e. The summed E-state index contributed by atoms with van der Waals surface area (Å²) in [5.74, 6) is 0.426. The summed E-state index contributed by atoms with van der Waals surface area (Å²) in [5.41, 5.74) is 1.83. The van der Waals surface area contributed by atoms with Gasteiger partial charge in [0.25, 0.3) is 0 Å². The number of carbonyl (C=O) groups excluding carboxylic acids is 1. The van der Waals surface area contributed by atoms with Gasteiger partial charge in [-0.1, -0.05) is 6.07 Å². The van der Waals surface area contributed by atoms with Crippen molar-refractivity contribution in [1.29, 1.82) is 0 Å². The topological polar surface area (TPSA) is 56.5 Å². The Hall–Kier alpha value is -1.91. The molecule has 0 aromatic carbocycles. The fourth-order valence-electron chi connectivity index (χ4n) is 1.50. The van der Waals surface area contributed by atoms with Crippen molar-refractivity contribution in [3.63, 3.8) is 0 Å². The minimum atomic E-state index is -0.240. The van der Waals surface area contributed by atoms with E-state index in [1.807, 2.05) is 25.1 Å². The van der Waals surface area contributed by atoms with Crippen LogP contribution in [0.25, 0.3) is 5.65 Å². The number of esters is 1. The lowest BCUT2D eigenvalue weighted by Gasteiger charge is -1.95. The maximum Gasteiger partial charge on any atom is 0.305 e. The molecule has 84 valence electrons. The van der Waals surface area contributed by atoms with Crippen molar-refractivity contribution < 1.29 is 9.53 Å². The van der Waals surface area contributed by atoms with Gasteiger partial charge in [-0.05, 0) is 19.1 Å². The van der Waals surface area contributed by atoms with Gasteiger partial charge in [0, 0.05) is 12.1 Å². The van der Waals surface area contributed by atoms with Crippen molar-refractivity contribution in [2.24, 2.45) is 0 Å². The summed E-state index contributed by atoms with van der Waals surface area (Å²) in [4.78, 5) is 15.3. The summed E-state index contributed by atoms with van der Waals surface area (Å²) in [6, 6.07) is 5.79. The highest BCUT2D eigenvalue weighted by Gasteiger charge is 2.07. The maximum absolute atomic E-state index is 11.0. The number of hydrogen-bond donors (Lipinski definition) is 0. The van der Waals surface area contributed by atoms with E-state index in [9.17, 15) is 4.79 Å². The van der Waals surface area contributed by atoms with E-state index in [0.717, 1.165) is 11.3 Å². The molecular formula is C11H13N3O2. The fourth-order valence-corrected chi connectivity index (χ4v) is 1.50. The SMILES string of the molecule is COC(=O)CCc1nc2cccc(C)n2n1. The zero-order valence-electron chi connectivity index (χ0n) is 9.30. The molecule has 5 heteroatoms. The molecule has 0 amide bonds. The van der Waals surface area contributed by atoms with Gasteiger partial charge in [-0.15, -0.1) is 0 Å². The quantitative estimate of drug-likeness (QED) is 0.726. The third-order valence-corrected chi connectivity index (χ3v) is 2.37. The van der Waals surface area contributed by atoms with Crippen molar-refractivity contribution in [2.75, 3.05) is 7.11 Å². The molecule has 2 aromatic rings. The average Bonchev–Trinajstić information content (AvgIpc) is 2.70. The second-order valence-corrected chi connectivity index (χ2v) is 3.54. The number of aromatic nitrogens is 3. The van der Waals surface area contributed by atoms with Crippen molar-refractivity contribution in [2.45, 2.75) is 19.8 Å². The first kappa shape index (κ1) is 10.6. The molecule has 0 saturated heterocycles. The molecule has 5 nitrogen and oxygen atoms in total. The van der Waals surface area contributed by atoms with Crippen LogP contribution >= 0.6 is 0 Å². The van der Waals surface area contributed by atoms with Crippen LogP contribution in [0.5, 0.6) is 0 Å². The van der Waals surface area contributed by atoms with Crippen LogP contribution in [0.15, 0.2) is 18.2 Å². The van der Waals surface area contributed by atoms with Crippen LogP contribution in [0.2, 0.25) is 0 Å². The summed E-state index contributed by atoms with van der Waals surface area (Å²) in [6.07, 6.45) is 0.820. The minimum absolute atomic E-state index is 0.240. The highest BCUT2D eigenvalue weighted by Crippen LogP contribution is 2.06. The predicted molar refractivity (Wildman–Crippen MR) is 58.1 cm³/mol. The number of fused-ring (bicyclic) bond motifs is 1. The lowest BCUT2D eigenvalue weighted by Crippen LogP contribution is -2.03. The van der Waals surface area contributed by atoms with Crippen molar-refractivity contribution in [3.05, 3.63) is 29.7 Å². The van der Waals surface area contributed by atoms with Crippen LogP contribution in [-0.4, -0.2) is 27.7 Å². The van der Waals surface area contributed by atoms with Gasteiger partial charge in [0.1, 0.15) is 0 Å². The molecule has 2 heterocycles. The molecule has 0 saturated carbocycles. The van der Waals surface area contributed by atoms with E-state index in [-0.39, 0.29) is 5.97 Å². The lowest BCUT2D eigenvalue weighted by molar-refractivity contribution is -0.140. The van der Waals surface area contributed by atoms with Gasteiger partial charge in [-0.3, -0.25) is 4.79 Å². The third kappa shape index (κ3) is 2.03. The Morgan fingerprint density at radius 3 is 3.00 bits per heavy atom. The summed E-state index contributed by atoms with van der Waals surface area (Å²) < 4.78 is 6.34. The Balaban J connectivity index is 2.20. The van der Waals surface area contributed by atoms with Gasteiger partial charge in [0.2, 0.25) is 0 Å². The Morgan fingerprint density at radius 1 is 1.50 bits per heavy atom. The van der Waals surface area contributed by atoms with Crippen LogP contribution in [0.1, 0.15) is 17.9 Å². The van der Waals surface area contributed by atoms with Crippen molar-refractivity contribution in [3.8, 4) is 0 Å². The van der Waals surface area contributed by atoms with E-state index >= 15 is 0 Å². The first-order valence-corrected chi connectivity index (χ1v) is 5.09. The van der Waals surface area contributed by atoms with E-state index in [0.29, 0.717) is 18.7 Å². The summed E-state index contributed by atoms with van der Waals surface area (Å²) in [5, 5.41) is 4.32. The van der Waals surface area contributed by atoms with Gasteiger partial charge in [0.05, 0.1) is 13.5 Å². The second kappa shape index (κ2) is 4.30. The zero-order chi connectivity index (χ0) is 11.5. The molecular weight excluding hydrogens is 206 g/mol. The highest BCUT2D eigenvalue weighted by atomic mass is 16.5. The Morgan fingerprint density at radius 2 is 2.31 bits per heavy atom. The normalized spacial score (nSPS) is 10.6. The number of ether oxygens (including phenoxy) is 1. The molecule has 2 aromatic heterocycles. The molecule has 16 heavy (non-hydrogen) atoms. The Bertz CT molecular complexity index is 519. The summed E-state index contributed by atoms with van der Waals surface area (Å²) in [6.45, 7) is 1.96. The van der Waals surface area contributed by atoms with E-state index in [1.54, 1.807) is 4.52 Å². The van der Waals surface area contributed by atoms with Gasteiger partial charge in [0.15, 0.2) is 11.5 Å². The Kier molecular flexibility index (Phi) is 2.85. The minimum Gasteiger partial charge on any atom is -0.469 e. The number of hydrogen-bond acceptors (Lipinski definition) is 4. The standard InChI is InChI=1S/C11H13N3O2/c1-8-4-3-5-10-12-9(13-14(8)10)6-7-11(15)16-2/h3-5H,6-7H2,1-2H3. The molecule has 0 aliphatic carbocycles. The smallest absolute Gasteiger partial charge is 0.305 e. The van der Waals surface area contributed by atoms with E-state index < -0.39 is 0 Å². The maximum atomic E-state index is 11.0. The third-order valence-electron chi connectivity index (χ3n) is 2.37. The molecule has 0 N–H and O–H groups in total. The van der Waals surface area contributed by atoms with Gasteiger partial charge in [-0.25, -0.2) is 9.50 Å². The van der Waals surface area contributed by atoms with Crippen LogP contribution < -0.4 is 0 Å². The van der Waals surface area contributed by atoms with Crippen molar-refractivity contribution in [1.82, 2.24) is 14.6 Å². The predicted octanol–water partition coefficient (Wildman–Crippen LogP) is 1.14. The molecule has 0 bridgehead atoms. The molecule has 0 aliphatic rings. The van der Waals surface area contributed by atoms with Crippen LogP contribution in [0.3, 0.4) is 0 Å². The zero-order valence-corrected chi connectivity index (χ0v) is 9.30. The van der Waals surface area contributed by atoms with E-state index in [4.69, 9.17) is 0 Å². The van der Waals surface area contributed by atoms with Gasteiger partial charge in [-0.2, -0.15) is 5.10 Å². The number of nitrogens with zero attached hydrogens (tertiary/aromatic N) is 3.